The van der Waals surface area contributed by atoms with Gasteiger partial charge in [-0.15, -0.1) is 0 Å². The third kappa shape index (κ3) is 4.09. The van der Waals surface area contributed by atoms with Gasteiger partial charge >= 0.3 is 5.97 Å². The van der Waals surface area contributed by atoms with Gasteiger partial charge in [0.2, 0.25) is 10.0 Å². The number of nitrogens with zero attached hydrogens (tertiary/aromatic N) is 1. The van der Waals surface area contributed by atoms with Gasteiger partial charge in [-0.25, -0.2) is 8.42 Å². The number of carbonyl (C=O) groups excluding carboxylic acids is 1. The fourth-order valence-corrected chi connectivity index (χ4v) is 5.82. The van der Waals surface area contributed by atoms with Crippen LogP contribution >= 0.6 is 0 Å². The Morgan fingerprint density at radius 2 is 1.72 bits per heavy atom. The summed E-state index contributed by atoms with van der Waals surface area (Å²) < 4.78 is 33.2. The number of esters is 1. The van der Waals surface area contributed by atoms with Crippen LogP contribution in [-0.4, -0.2) is 31.8 Å². The summed E-state index contributed by atoms with van der Waals surface area (Å²) in [6.07, 6.45) is 4.03. The highest BCUT2D eigenvalue weighted by Crippen LogP contribution is 2.29. The summed E-state index contributed by atoms with van der Waals surface area (Å²) >= 11 is 0. The maximum Gasteiger partial charge on any atom is 0.314 e. The number of rotatable bonds is 4. The van der Waals surface area contributed by atoms with E-state index >= 15 is 0 Å². The van der Waals surface area contributed by atoms with E-state index in [1.54, 1.807) is 6.07 Å². The molecule has 1 heterocycles. The van der Waals surface area contributed by atoms with Crippen LogP contribution in [0.5, 0.6) is 5.75 Å². The van der Waals surface area contributed by atoms with Gasteiger partial charge in [0.15, 0.2) is 0 Å². The molecule has 2 aliphatic rings. The van der Waals surface area contributed by atoms with E-state index in [1.807, 2.05) is 44.2 Å². The third-order valence-electron chi connectivity index (χ3n) is 6.04. The van der Waals surface area contributed by atoms with Crippen molar-refractivity contribution in [3.63, 3.8) is 0 Å². The largest absolute Gasteiger partial charge is 0.426 e. The summed E-state index contributed by atoms with van der Waals surface area (Å²) in [5.74, 6) is 0.0301. The van der Waals surface area contributed by atoms with Crippen LogP contribution < -0.4 is 4.74 Å². The Kier molecular flexibility index (Phi) is 5.49. The minimum absolute atomic E-state index is 0.272. The summed E-state index contributed by atoms with van der Waals surface area (Å²) in [5.41, 5.74) is 4.46. The van der Waals surface area contributed by atoms with Crippen molar-refractivity contribution < 1.29 is 17.9 Å². The van der Waals surface area contributed by atoms with Crippen molar-refractivity contribution in [3.05, 3.63) is 58.7 Å². The Labute approximate surface area is 172 Å². The van der Waals surface area contributed by atoms with Crippen LogP contribution in [0.25, 0.3) is 0 Å². The molecule has 6 heteroatoms. The molecule has 0 amide bonds. The van der Waals surface area contributed by atoms with Gasteiger partial charge in [0.1, 0.15) is 5.75 Å². The average Bonchev–Trinajstić information content (AvgIpc) is 3.18. The first-order valence-electron chi connectivity index (χ1n) is 10.3. The van der Waals surface area contributed by atoms with E-state index in [9.17, 15) is 13.2 Å². The van der Waals surface area contributed by atoms with E-state index in [1.165, 1.54) is 9.87 Å². The lowest BCUT2D eigenvalue weighted by molar-refractivity contribution is -0.140. The number of sulfonamides is 1. The molecule has 1 aliphatic carbocycles. The fourth-order valence-electron chi connectivity index (χ4n) is 4.30. The molecule has 0 spiro atoms. The highest BCUT2D eigenvalue weighted by molar-refractivity contribution is 7.89. The van der Waals surface area contributed by atoms with Crippen molar-refractivity contribution in [2.45, 2.75) is 50.8 Å². The first kappa shape index (κ1) is 20.1. The lowest BCUT2D eigenvalue weighted by Crippen LogP contribution is -2.41. The number of benzene rings is 2. The number of fused-ring (bicyclic) bond motifs is 1. The molecule has 0 bridgehead atoms. The summed E-state index contributed by atoms with van der Waals surface area (Å²) in [6, 6.07) is 11.2. The Bertz CT molecular complexity index is 1040. The van der Waals surface area contributed by atoms with Crippen LogP contribution in [0.3, 0.4) is 0 Å². The standard InChI is InChI=1S/C23H27NO4S/c1-16-6-9-22(17(2)14-16)28-23(25)19-10-12-24(13-11-19)29(26,27)21-8-7-18-4-3-5-20(18)15-21/h6-9,14-15,19H,3-5,10-13H2,1-2H3. The number of carbonyl (C=O) groups is 1. The predicted octanol–water partition coefficient (Wildman–Crippen LogP) is 3.80. The lowest BCUT2D eigenvalue weighted by atomic mass is 9.98. The van der Waals surface area contributed by atoms with Gasteiger partial charge in [0.25, 0.3) is 0 Å². The van der Waals surface area contributed by atoms with Crippen LogP contribution in [0, 0.1) is 19.8 Å². The van der Waals surface area contributed by atoms with Crippen LogP contribution in [0.1, 0.15) is 41.5 Å². The molecule has 0 unspecified atom stereocenters. The van der Waals surface area contributed by atoms with E-state index in [0.717, 1.165) is 36.0 Å². The van der Waals surface area contributed by atoms with Crippen molar-refractivity contribution in [2.24, 2.45) is 5.92 Å². The molecule has 0 atom stereocenters. The Morgan fingerprint density at radius 3 is 2.45 bits per heavy atom. The molecule has 1 fully saturated rings. The molecule has 1 aliphatic heterocycles. The molecule has 0 aromatic heterocycles. The van der Waals surface area contributed by atoms with Crippen molar-refractivity contribution in [1.29, 1.82) is 0 Å². The van der Waals surface area contributed by atoms with Crippen molar-refractivity contribution in [3.8, 4) is 5.75 Å². The maximum absolute atomic E-state index is 13.0. The SMILES string of the molecule is Cc1ccc(OC(=O)C2CCN(S(=O)(=O)c3ccc4c(c3)CCC4)CC2)c(C)c1. The minimum atomic E-state index is -3.52. The zero-order valence-corrected chi connectivity index (χ0v) is 17.8. The molecular weight excluding hydrogens is 386 g/mol. The van der Waals surface area contributed by atoms with E-state index in [-0.39, 0.29) is 11.9 Å². The van der Waals surface area contributed by atoms with Crippen molar-refractivity contribution in [2.75, 3.05) is 13.1 Å². The molecule has 1 saturated heterocycles. The van der Waals surface area contributed by atoms with Crippen LogP contribution in [0.2, 0.25) is 0 Å². The maximum atomic E-state index is 13.0. The number of piperidine rings is 1. The molecule has 0 radical (unpaired) electrons. The molecular formula is C23H27NO4S. The van der Waals surface area contributed by atoms with E-state index in [2.05, 4.69) is 0 Å². The third-order valence-corrected chi connectivity index (χ3v) is 7.93. The van der Waals surface area contributed by atoms with Gasteiger partial charge in [0, 0.05) is 13.1 Å². The second-order valence-electron chi connectivity index (χ2n) is 8.15. The van der Waals surface area contributed by atoms with Gasteiger partial charge in [-0.3, -0.25) is 4.79 Å². The van der Waals surface area contributed by atoms with Gasteiger partial charge < -0.3 is 4.74 Å². The molecule has 0 N–H and O–H groups in total. The molecule has 29 heavy (non-hydrogen) atoms. The predicted molar refractivity (Wildman–Crippen MR) is 112 cm³/mol. The smallest absolute Gasteiger partial charge is 0.314 e. The normalized spacial score (nSPS) is 17.9. The van der Waals surface area contributed by atoms with E-state index in [0.29, 0.717) is 36.6 Å². The molecule has 2 aromatic rings. The number of aryl methyl sites for hydroxylation is 4. The first-order chi connectivity index (χ1) is 13.8. The molecule has 154 valence electrons. The summed E-state index contributed by atoms with van der Waals surface area (Å²) in [5, 5.41) is 0. The van der Waals surface area contributed by atoms with Crippen LogP contribution in [0.15, 0.2) is 41.3 Å². The summed E-state index contributed by atoms with van der Waals surface area (Å²) in [7, 11) is -3.52. The monoisotopic (exact) mass is 413 g/mol. The molecule has 5 nitrogen and oxygen atoms in total. The summed E-state index contributed by atoms with van der Waals surface area (Å²) in [6.45, 7) is 4.59. The van der Waals surface area contributed by atoms with Crippen LogP contribution in [-0.2, 0) is 27.7 Å². The zero-order valence-electron chi connectivity index (χ0n) is 17.0. The number of hydrogen-bond acceptors (Lipinski definition) is 4. The first-order valence-corrected chi connectivity index (χ1v) is 11.7. The van der Waals surface area contributed by atoms with E-state index < -0.39 is 10.0 Å². The van der Waals surface area contributed by atoms with Gasteiger partial charge in [0.05, 0.1) is 10.8 Å². The molecule has 4 rings (SSSR count). The van der Waals surface area contributed by atoms with Gasteiger partial charge in [-0.05, 0) is 80.8 Å². The lowest BCUT2D eigenvalue weighted by Gasteiger charge is -2.30. The van der Waals surface area contributed by atoms with Gasteiger partial charge in [-0.1, -0.05) is 23.8 Å². The van der Waals surface area contributed by atoms with Crippen molar-refractivity contribution in [1.82, 2.24) is 4.31 Å². The minimum Gasteiger partial charge on any atom is -0.426 e. The fraction of sp³-hybridized carbons (Fsp3) is 0.435. The zero-order chi connectivity index (χ0) is 20.6. The second-order valence-corrected chi connectivity index (χ2v) is 10.1. The van der Waals surface area contributed by atoms with Gasteiger partial charge in [-0.2, -0.15) is 4.31 Å². The highest BCUT2D eigenvalue weighted by atomic mass is 32.2. The summed E-state index contributed by atoms with van der Waals surface area (Å²) in [4.78, 5) is 12.9. The van der Waals surface area contributed by atoms with Crippen LogP contribution in [0.4, 0.5) is 0 Å². The Hall–Kier alpha value is -2.18. The second kappa shape index (κ2) is 7.92. The topological polar surface area (TPSA) is 63.7 Å². The number of hydrogen-bond donors (Lipinski definition) is 0. The van der Waals surface area contributed by atoms with Crippen molar-refractivity contribution >= 4 is 16.0 Å². The quantitative estimate of drug-likeness (QED) is 0.565. The molecule has 2 aromatic carbocycles. The Morgan fingerprint density at radius 1 is 1.00 bits per heavy atom. The highest BCUT2D eigenvalue weighted by Gasteiger charge is 2.33. The average molecular weight is 414 g/mol. The Balaban J connectivity index is 1.40. The van der Waals surface area contributed by atoms with E-state index in [4.69, 9.17) is 4.74 Å². The molecule has 0 saturated carbocycles. The number of ether oxygens (including phenoxy) is 1.